The van der Waals surface area contributed by atoms with E-state index >= 15 is 0 Å². The Bertz CT molecular complexity index is 1460. The van der Waals surface area contributed by atoms with E-state index in [0.29, 0.717) is 42.3 Å². The Morgan fingerprint density at radius 3 is 2.40 bits per heavy atom. The fourth-order valence-electron chi connectivity index (χ4n) is 4.11. The second-order valence-electron chi connectivity index (χ2n) is 9.26. The number of aliphatic carboxylic acids is 1. The second-order valence-corrected chi connectivity index (χ2v) is 9.26. The Morgan fingerprint density at radius 1 is 1.05 bits per heavy atom. The first kappa shape index (κ1) is 28.3. The van der Waals surface area contributed by atoms with Crippen LogP contribution in [0.25, 0.3) is 11.5 Å². The van der Waals surface area contributed by atoms with E-state index in [0.717, 1.165) is 22.6 Å². The number of ether oxygens (including phenoxy) is 1. The Balaban J connectivity index is 1.32. The van der Waals surface area contributed by atoms with E-state index in [1.54, 1.807) is 12.1 Å². The maximum Gasteiger partial charge on any atom is 0.326 e. The van der Waals surface area contributed by atoms with Gasteiger partial charge in [0.2, 0.25) is 5.89 Å². The third-order valence-electron chi connectivity index (χ3n) is 6.36. The van der Waals surface area contributed by atoms with Gasteiger partial charge in [0.15, 0.2) is 5.78 Å². The molecule has 1 heterocycles. The van der Waals surface area contributed by atoms with Gasteiger partial charge in [0.25, 0.3) is 0 Å². The quantitative estimate of drug-likeness (QED) is 0.154. The molecule has 4 rings (SSSR count). The molecule has 8 heteroatoms. The van der Waals surface area contributed by atoms with Gasteiger partial charge in [-0.25, -0.2) is 14.2 Å². The number of rotatable bonds is 13. The number of carbonyl (C=O) groups excluding carboxylic acids is 1. The summed E-state index contributed by atoms with van der Waals surface area (Å²) in [5.74, 6) is 0.204. The zero-order valence-corrected chi connectivity index (χ0v) is 22.4. The molecule has 0 saturated heterocycles. The van der Waals surface area contributed by atoms with Gasteiger partial charge in [0, 0.05) is 35.7 Å². The van der Waals surface area contributed by atoms with E-state index < -0.39 is 17.8 Å². The van der Waals surface area contributed by atoms with E-state index in [4.69, 9.17) is 9.15 Å². The Labute approximate surface area is 232 Å². The molecule has 0 aliphatic carbocycles. The lowest BCUT2D eigenvalue weighted by Crippen LogP contribution is -2.38. The van der Waals surface area contributed by atoms with Crippen LogP contribution in [0, 0.1) is 12.7 Å². The van der Waals surface area contributed by atoms with Crippen LogP contribution in [0.3, 0.4) is 0 Å². The Hall–Kier alpha value is -4.72. The number of aromatic nitrogens is 1. The molecule has 3 aromatic carbocycles. The average Bonchev–Trinajstić information content (AvgIpc) is 3.33. The van der Waals surface area contributed by atoms with Gasteiger partial charge in [-0.3, -0.25) is 4.79 Å². The molecule has 40 heavy (non-hydrogen) atoms. The fraction of sp³-hybridized carbons (Fsp3) is 0.219. The number of hydrogen-bond donors (Lipinski definition) is 2. The highest BCUT2D eigenvalue weighted by atomic mass is 19.1. The topological polar surface area (TPSA) is 102 Å². The number of nitrogens with one attached hydrogen (secondary N) is 1. The highest BCUT2D eigenvalue weighted by Gasteiger charge is 2.19. The lowest BCUT2D eigenvalue weighted by atomic mass is 10.0. The van der Waals surface area contributed by atoms with Crippen LogP contribution in [0.5, 0.6) is 5.75 Å². The Kier molecular flexibility index (Phi) is 9.46. The number of halogens is 1. The molecule has 2 N–H and O–H groups in total. The highest BCUT2D eigenvalue weighted by molar-refractivity contribution is 6.04. The lowest BCUT2D eigenvalue weighted by Gasteiger charge is -2.18. The maximum absolute atomic E-state index is 13.2. The van der Waals surface area contributed by atoms with E-state index in [9.17, 15) is 19.1 Å². The van der Waals surface area contributed by atoms with Crippen molar-refractivity contribution in [3.63, 3.8) is 0 Å². The summed E-state index contributed by atoms with van der Waals surface area (Å²) in [5.41, 5.74) is 3.37. The maximum atomic E-state index is 13.2. The molecule has 4 aromatic rings. The third-order valence-corrected chi connectivity index (χ3v) is 6.36. The van der Waals surface area contributed by atoms with E-state index in [1.165, 1.54) is 30.3 Å². The van der Waals surface area contributed by atoms with E-state index in [1.807, 2.05) is 56.3 Å². The molecule has 7 nitrogen and oxygen atoms in total. The third kappa shape index (κ3) is 7.66. The number of carboxylic acids is 1. The zero-order valence-electron chi connectivity index (χ0n) is 22.4. The van der Waals surface area contributed by atoms with Gasteiger partial charge in [-0.1, -0.05) is 37.3 Å². The summed E-state index contributed by atoms with van der Waals surface area (Å²) in [6.07, 6.45) is 2.58. The van der Waals surface area contributed by atoms with Crippen molar-refractivity contribution in [2.24, 2.45) is 0 Å². The number of hydrogen-bond acceptors (Lipinski definition) is 6. The van der Waals surface area contributed by atoms with Crippen molar-refractivity contribution in [3.05, 3.63) is 119 Å². The lowest BCUT2D eigenvalue weighted by molar-refractivity contribution is -0.139. The number of nitrogens with zero attached hydrogens (tertiary/aromatic N) is 1. The molecule has 1 atom stereocenters. The number of benzene rings is 3. The van der Waals surface area contributed by atoms with Gasteiger partial charge >= 0.3 is 5.97 Å². The summed E-state index contributed by atoms with van der Waals surface area (Å²) in [7, 11) is 0. The van der Waals surface area contributed by atoms with Crippen LogP contribution in [0.4, 0.5) is 4.39 Å². The van der Waals surface area contributed by atoms with Crippen LogP contribution in [0.2, 0.25) is 0 Å². The minimum atomic E-state index is -1.04. The molecule has 0 aliphatic heterocycles. The first-order valence-corrected chi connectivity index (χ1v) is 13.1. The van der Waals surface area contributed by atoms with Crippen LogP contribution in [0.1, 0.15) is 40.7 Å². The van der Waals surface area contributed by atoms with Crippen LogP contribution < -0.4 is 10.1 Å². The number of aryl methyl sites for hydroxylation is 1. The Morgan fingerprint density at radius 2 is 1.75 bits per heavy atom. The van der Waals surface area contributed by atoms with Crippen LogP contribution in [-0.4, -0.2) is 34.5 Å². The van der Waals surface area contributed by atoms with Crippen molar-refractivity contribution in [2.75, 3.05) is 6.61 Å². The second kappa shape index (κ2) is 13.4. The average molecular weight is 543 g/mol. The van der Waals surface area contributed by atoms with E-state index in [2.05, 4.69) is 10.3 Å². The van der Waals surface area contributed by atoms with Crippen molar-refractivity contribution < 1.29 is 28.2 Å². The molecule has 0 saturated carbocycles. The van der Waals surface area contributed by atoms with Gasteiger partial charge in [-0.05, 0) is 67.4 Å². The fourth-order valence-corrected chi connectivity index (χ4v) is 4.11. The van der Waals surface area contributed by atoms with Crippen LogP contribution >= 0.6 is 0 Å². The SMILES string of the molecule is CC/C(=C/C(=O)c1ccc(F)cc1)N[C@@H](Cc1ccc(OCCc2nc(-c3ccccc3)oc2C)cc1)C(=O)O. The van der Waals surface area contributed by atoms with Crippen molar-refractivity contribution in [2.45, 2.75) is 39.2 Å². The first-order valence-electron chi connectivity index (χ1n) is 13.1. The number of oxazole rings is 1. The van der Waals surface area contributed by atoms with Gasteiger partial charge in [0.05, 0.1) is 12.3 Å². The predicted molar refractivity (Wildman–Crippen MR) is 150 cm³/mol. The molecule has 0 amide bonds. The van der Waals surface area contributed by atoms with Gasteiger partial charge in [0.1, 0.15) is 23.4 Å². The smallest absolute Gasteiger partial charge is 0.326 e. The summed E-state index contributed by atoms with van der Waals surface area (Å²) in [6.45, 7) is 4.12. The molecule has 0 fully saturated rings. The molecule has 0 unspecified atom stereocenters. The van der Waals surface area contributed by atoms with Crippen molar-refractivity contribution >= 4 is 11.8 Å². The number of carbonyl (C=O) groups is 2. The number of ketones is 1. The highest BCUT2D eigenvalue weighted by Crippen LogP contribution is 2.22. The van der Waals surface area contributed by atoms with Crippen molar-refractivity contribution in [3.8, 4) is 17.2 Å². The number of allylic oxidation sites excluding steroid dienone is 2. The van der Waals surface area contributed by atoms with Crippen molar-refractivity contribution in [1.29, 1.82) is 0 Å². The molecule has 206 valence electrons. The van der Waals surface area contributed by atoms with Crippen molar-refractivity contribution in [1.82, 2.24) is 10.3 Å². The van der Waals surface area contributed by atoms with Crippen LogP contribution in [-0.2, 0) is 17.6 Å². The zero-order chi connectivity index (χ0) is 28.5. The van der Waals surface area contributed by atoms with Crippen LogP contribution in [0.15, 0.2) is 95.1 Å². The monoisotopic (exact) mass is 542 g/mol. The van der Waals surface area contributed by atoms with Gasteiger partial charge < -0.3 is 19.6 Å². The predicted octanol–water partition coefficient (Wildman–Crippen LogP) is 6.17. The summed E-state index contributed by atoms with van der Waals surface area (Å²) in [5, 5.41) is 12.8. The standard InChI is InChI=1S/C32H31FN2O5/c1-3-26(20-30(36)23-11-13-25(33)14-12-23)34-29(32(37)38)19-22-9-15-27(16-10-22)39-18-17-28-21(2)40-31(35-28)24-7-5-4-6-8-24/h4-16,20,29,34H,3,17-19H2,1-2H3,(H,37,38)/b26-20-/t29-/m0/s1. The van der Waals surface area contributed by atoms with E-state index in [-0.39, 0.29) is 12.2 Å². The van der Waals surface area contributed by atoms with Gasteiger partial charge in [-0.15, -0.1) is 0 Å². The normalized spacial score (nSPS) is 12.1. The largest absolute Gasteiger partial charge is 0.493 e. The molecular weight excluding hydrogens is 511 g/mol. The molecule has 0 spiro atoms. The number of carboxylic acid groups (broad SMARTS) is 1. The molecule has 0 radical (unpaired) electrons. The summed E-state index contributed by atoms with van der Waals surface area (Å²) in [6, 6.07) is 21.2. The molecule has 0 aliphatic rings. The summed E-state index contributed by atoms with van der Waals surface area (Å²) in [4.78, 5) is 29.1. The first-order chi connectivity index (χ1) is 19.3. The molecular formula is C32H31FN2O5. The van der Waals surface area contributed by atoms with Gasteiger partial charge in [-0.2, -0.15) is 0 Å². The molecule has 1 aromatic heterocycles. The minimum Gasteiger partial charge on any atom is -0.493 e. The minimum absolute atomic E-state index is 0.206. The summed E-state index contributed by atoms with van der Waals surface area (Å²) < 4.78 is 24.8. The summed E-state index contributed by atoms with van der Waals surface area (Å²) >= 11 is 0. The molecule has 0 bridgehead atoms.